The van der Waals surface area contributed by atoms with E-state index < -0.39 is 0 Å². The molecule has 0 bridgehead atoms. The van der Waals surface area contributed by atoms with Gasteiger partial charge < -0.3 is 20.1 Å². The molecule has 0 atom stereocenters. The van der Waals surface area contributed by atoms with E-state index in [1.807, 2.05) is 18.3 Å². The average Bonchev–Trinajstić information content (AvgIpc) is 2.85. The lowest BCUT2D eigenvalue weighted by atomic mass is 9.79. The second-order valence-corrected chi connectivity index (χ2v) is 9.39. The predicted octanol–water partition coefficient (Wildman–Crippen LogP) is 5.49. The zero-order valence-electron chi connectivity index (χ0n) is 18.5. The molecule has 0 amide bonds. The van der Waals surface area contributed by atoms with Gasteiger partial charge in [-0.3, -0.25) is 4.98 Å². The number of benzene rings is 2. The Labute approximate surface area is 194 Å². The van der Waals surface area contributed by atoms with Crippen LogP contribution in [0.4, 0.5) is 5.69 Å². The normalized spacial score (nSPS) is 18.2. The van der Waals surface area contributed by atoms with Crippen LogP contribution < -0.4 is 15.0 Å². The Morgan fingerprint density at radius 1 is 1.00 bits per heavy atom. The molecule has 3 aromatic rings. The summed E-state index contributed by atoms with van der Waals surface area (Å²) >= 11 is 6.24. The van der Waals surface area contributed by atoms with Crippen molar-refractivity contribution >= 4 is 28.2 Å². The van der Waals surface area contributed by atoms with Gasteiger partial charge in [0.2, 0.25) is 0 Å². The second kappa shape index (κ2) is 9.16. The standard InChI is InChI=1S/C26H30ClN3O2/c1-32-25-16-20(15-22(27)26(25)31)19-2-3-23-21(14-19)24(6-11-29-23)30-12-7-18(8-13-30)17-4-9-28-10-5-17/h2-3,6,11,14-18,28,31H,4-5,7-10,12-13H2,1H3. The number of aromatic hydroxyl groups is 1. The molecule has 0 unspecified atom stereocenters. The van der Waals surface area contributed by atoms with Crippen LogP contribution in [0.5, 0.6) is 11.5 Å². The van der Waals surface area contributed by atoms with Gasteiger partial charge in [0.15, 0.2) is 11.5 Å². The van der Waals surface area contributed by atoms with Gasteiger partial charge in [-0.05, 0) is 92.1 Å². The maximum Gasteiger partial charge on any atom is 0.176 e. The van der Waals surface area contributed by atoms with Gasteiger partial charge >= 0.3 is 0 Å². The Bertz CT molecular complexity index is 1110. The number of nitrogens with zero attached hydrogens (tertiary/aromatic N) is 2. The number of piperidine rings is 2. The summed E-state index contributed by atoms with van der Waals surface area (Å²) < 4.78 is 5.30. The molecule has 0 aliphatic carbocycles. The maximum atomic E-state index is 10.1. The van der Waals surface area contributed by atoms with Crippen molar-refractivity contribution in [1.29, 1.82) is 0 Å². The fourth-order valence-corrected chi connectivity index (χ4v) is 5.62. The molecule has 2 fully saturated rings. The molecule has 2 saturated heterocycles. The fraction of sp³-hybridized carbons (Fsp3) is 0.423. The predicted molar refractivity (Wildman–Crippen MR) is 131 cm³/mol. The van der Waals surface area contributed by atoms with Crippen molar-refractivity contribution in [3.05, 3.63) is 47.6 Å². The van der Waals surface area contributed by atoms with Gasteiger partial charge in [-0.15, -0.1) is 0 Å². The van der Waals surface area contributed by atoms with Crippen molar-refractivity contribution in [1.82, 2.24) is 10.3 Å². The summed E-state index contributed by atoms with van der Waals surface area (Å²) in [7, 11) is 1.53. The molecule has 5 nitrogen and oxygen atoms in total. The number of methoxy groups -OCH3 is 1. The van der Waals surface area contributed by atoms with Gasteiger partial charge in [0, 0.05) is 30.4 Å². The molecule has 1 aromatic heterocycles. The minimum absolute atomic E-state index is 0.0299. The number of fused-ring (bicyclic) bond motifs is 1. The molecular formula is C26H30ClN3O2. The van der Waals surface area contributed by atoms with E-state index in [2.05, 4.69) is 33.4 Å². The van der Waals surface area contributed by atoms with Gasteiger partial charge in [0.05, 0.1) is 17.6 Å². The summed E-state index contributed by atoms with van der Waals surface area (Å²) in [5, 5.41) is 15.0. The maximum absolute atomic E-state index is 10.1. The molecular weight excluding hydrogens is 422 g/mol. The molecule has 32 heavy (non-hydrogen) atoms. The van der Waals surface area contributed by atoms with E-state index >= 15 is 0 Å². The summed E-state index contributed by atoms with van der Waals surface area (Å²) in [5.41, 5.74) is 4.17. The number of nitrogens with one attached hydrogen (secondary N) is 1. The SMILES string of the molecule is COc1cc(-c2ccc3nccc(N4CCC(C5CCNCC5)CC4)c3c2)cc(Cl)c1O. The third kappa shape index (κ3) is 4.12. The zero-order valence-corrected chi connectivity index (χ0v) is 19.2. The molecule has 5 rings (SSSR count). The highest BCUT2D eigenvalue weighted by atomic mass is 35.5. The van der Waals surface area contributed by atoms with E-state index in [0.717, 1.165) is 47.0 Å². The van der Waals surface area contributed by atoms with Gasteiger partial charge in [-0.2, -0.15) is 0 Å². The third-order valence-corrected chi connectivity index (χ3v) is 7.52. The molecule has 2 aliphatic rings. The summed E-state index contributed by atoms with van der Waals surface area (Å²) in [5.74, 6) is 2.08. The number of aromatic nitrogens is 1. The first-order valence-electron chi connectivity index (χ1n) is 11.6. The monoisotopic (exact) mass is 451 g/mol. The smallest absolute Gasteiger partial charge is 0.176 e. The Morgan fingerprint density at radius 3 is 2.50 bits per heavy atom. The quantitative estimate of drug-likeness (QED) is 0.549. The lowest BCUT2D eigenvalue weighted by Gasteiger charge is -2.39. The number of ether oxygens (including phenoxy) is 1. The zero-order chi connectivity index (χ0) is 22.1. The van der Waals surface area contributed by atoms with Gasteiger partial charge in [-0.1, -0.05) is 17.7 Å². The first-order chi connectivity index (χ1) is 15.6. The number of hydrogen-bond acceptors (Lipinski definition) is 5. The summed E-state index contributed by atoms with van der Waals surface area (Å²) in [6.07, 6.45) is 7.09. The Kier molecular flexibility index (Phi) is 6.11. The van der Waals surface area contributed by atoms with Crippen molar-refractivity contribution in [2.45, 2.75) is 25.7 Å². The van der Waals surface area contributed by atoms with Crippen LogP contribution in [-0.4, -0.2) is 43.4 Å². The number of halogens is 1. The highest BCUT2D eigenvalue weighted by Crippen LogP contribution is 2.40. The largest absolute Gasteiger partial charge is 0.503 e. The lowest BCUT2D eigenvalue weighted by Crippen LogP contribution is -2.39. The van der Waals surface area contributed by atoms with Crippen molar-refractivity contribution < 1.29 is 9.84 Å². The van der Waals surface area contributed by atoms with Crippen LogP contribution in [0.15, 0.2) is 42.6 Å². The summed E-state index contributed by atoms with van der Waals surface area (Å²) in [4.78, 5) is 7.12. The third-order valence-electron chi connectivity index (χ3n) is 7.23. The molecule has 168 valence electrons. The molecule has 2 aromatic carbocycles. The molecule has 0 radical (unpaired) electrons. The Hall–Kier alpha value is -2.50. The topological polar surface area (TPSA) is 57.6 Å². The highest BCUT2D eigenvalue weighted by molar-refractivity contribution is 6.32. The highest BCUT2D eigenvalue weighted by Gasteiger charge is 2.28. The van der Waals surface area contributed by atoms with Gasteiger partial charge in [-0.25, -0.2) is 0 Å². The minimum atomic E-state index is -0.0299. The average molecular weight is 452 g/mol. The van der Waals surface area contributed by atoms with E-state index in [0.29, 0.717) is 5.75 Å². The van der Waals surface area contributed by atoms with E-state index in [1.165, 1.54) is 51.6 Å². The summed E-state index contributed by atoms with van der Waals surface area (Å²) in [6, 6.07) is 12.0. The first kappa shape index (κ1) is 21.4. The van der Waals surface area contributed by atoms with Crippen LogP contribution >= 0.6 is 11.6 Å². The number of pyridine rings is 1. The van der Waals surface area contributed by atoms with E-state index in [4.69, 9.17) is 16.3 Å². The van der Waals surface area contributed by atoms with Crippen molar-refractivity contribution in [2.24, 2.45) is 11.8 Å². The van der Waals surface area contributed by atoms with Crippen LogP contribution in [0.2, 0.25) is 5.02 Å². The molecule has 6 heteroatoms. The van der Waals surface area contributed by atoms with Crippen LogP contribution in [-0.2, 0) is 0 Å². The Morgan fingerprint density at radius 2 is 1.75 bits per heavy atom. The van der Waals surface area contributed by atoms with Crippen LogP contribution in [0.3, 0.4) is 0 Å². The number of hydrogen-bond donors (Lipinski definition) is 2. The van der Waals surface area contributed by atoms with Gasteiger partial charge in [0.25, 0.3) is 0 Å². The first-order valence-corrected chi connectivity index (χ1v) is 11.9. The Balaban J connectivity index is 1.43. The molecule has 2 aliphatic heterocycles. The van der Waals surface area contributed by atoms with Crippen molar-refractivity contribution in [3.63, 3.8) is 0 Å². The molecule has 3 heterocycles. The van der Waals surface area contributed by atoms with E-state index in [-0.39, 0.29) is 10.8 Å². The van der Waals surface area contributed by atoms with Crippen LogP contribution in [0, 0.1) is 11.8 Å². The van der Waals surface area contributed by atoms with E-state index in [9.17, 15) is 5.11 Å². The van der Waals surface area contributed by atoms with Crippen LogP contribution in [0.25, 0.3) is 22.0 Å². The number of phenols is 1. The van der Waals surface area contributed by atoms with Crippen molar-refractivity contribution in [2.75, 3.05) is 38.2 Å². The van der Waals surface area contributed by atoms with Crippen molar-refractivity contribution in [3.8, 4) is 22.6 Å². The fourth-order valence-electron chi connectivity index (χ4n) is 5.41. The van der Waals surface area contributed by atoms with Crippen LogP contribution in [0.1, 0.15) is 25.7 Å². The lowest BCUT2D eigenvalue weighted by molar-refractivity contribution is 0.222. The number of anilines is 1. The van der Waals surface area contributed by atoms with E-state index in [1.54, 1.807) is 6.07 Å². The molecule has 2 N–H and O–H groups in total. The molecule has 0 saturated carbocycles. The molecule has 0 spiro atoms. The van der Waals surface area contributed by atoms with Gasteiger partial charge in [0.1, 0.15) is 0 Å². The second-order valence-electron chi connectivity index (χ2n) is 8.98. The number of rotatable bonds is 4. The number of phenolic OH excluding ortho intramolecular Hbond substituents is 1. The summed E-state index contributed by atoms with van der Waals surface area (Å²) in [6.45, 7) is 4.54. The minimum Gasteiger partial charge on any atom is -0.503 e.